The van der Waals surface area contributed by atoms with Crippen molar-refractivity contribution in [3.05, 3.63) is 34.3 Å². The lowest BCUT2D eigenvalue weighted by Gasteiger charge is -2.15. The van der Waals surface area contributed by atoms with Crippen LogP contribution in [-0.2, 0) is 13.1 Å². The zero-order valence-electron chi connectivity index (χ0n) is 11.8. The summed E-state index contributed by atoms with van der Waals surface area (Å²) in [5.74, 6) is 2.20. The summed E-state index contributed by atoms with van der Waals surface area (Å²) < 4.78 is 16.0. The van der Waals surface area contributed by atoms with Crippen LogP contribution in [0.1, 0.15) is 11.3 Å². The SMILES string of the molecule is COc1cc(OC)c(CNCc2cscn2)c(OC)c1. The first kappa shape index (κ1) is 14.6. The summed E-state index contributed by atoms with van der Waals surface area (Å²) in [6.07, 6.45) is 0. The van der Waals surface area contributed by atoms with Gasteiger partial charge in [-0.15, -0.1) is 11.3 Å². The van der Waals surface area contributed by atoms with E-state index in [0.29, 0.717) is 18.8 Å². The lowest BCUT2D eigenvalue weighted by Crippen LogP contribution is -2.14. The van der Waals surface area contributed by atoms with Crippen molar-refractivity contribution in [2.24, 2.45) is 0 Å². The first-order chi connectivity index (χ1) is 9.78. The van der Waals surface area contributed by atoms with Crippen LogP contribution in [0.5, 0.6) is 17.2 Å². The zero-order chi connectivity index (χ0) is 14.4. The van der Waals surface area contributed by atoms with Gasteiger partial charge in [-0.1, -0.05) is 0 Å². The highest BCUT2D eigenvalue weighted by molar-refractivity contribution is 7.07. The van der Waals surface area contributed by atoms with E-state index in [0.717, 1.165) is 22.8 Å². The van der Waals surface area contributed by atoms with Gasteiger partial charge in [0.1, 0.15) is 17.2 Å². The summed E-state index contributed by atoms with van der Waals surface area (Å²) >= 11 is 1.59. The van der Waals surface area contributed by atoms with Crippen molar-refractivity contribution in [1.29, 1.82) is 0 Å². The third-order valence-electron chi connectivity index (χ3n) is 2.91. The third-order valence-corrected chi connectivity index (χ3v) is 3.54. The number of nitrogens with one attached hydrogen (secondary N) is 1. The minimum atomic E-state index is 0.633. The molecule has 1 N–H and O–H groups in total. The summed E-state index contributed by atoms with van der Waals surface area (Å²) in [6.45, 7) is 1.34. The van der Waals surface area contributed by atoms with Crippen LogP contribution in [0.2, 0.25) is 0 Å². The molecule has 0 atom stereocenters. The lowest BCUT2D eigenvalue weighted by atomic mass is 10.1. The van der Waals surface area contributed by atoms with Crippen LogP contribution in [0.15, 0.2) is 23.0 Å². The smallest absolute Gasteiger partial charge is 0.130 e. The number of thiazole rings is 1. The van der Waals surface area contributed by atoms with Gasteiger partial charge in [-0.25, -0.2) is 4.98 Å². The molecule has 0 bridgehead atoms. The number of hydrogen-bond donors (Lipinski definition) is 1. The molecule has 0 saturated heterocycles. The van der Waals surface area contributed by atoms with Crippen molar-refractivity contribution < 1.29 is 14.2 Å². The van der Waals surface area contributed by atoms with E-state index in [1.165, 1.54) is 0 Å². The Morgan fingerprint density at radius 2 is 1.75 bits per heavy atom. The van der Waals surface area contributed by atoms with E-state index >= 15 is 0 Å². The van der Waals surface area contributed by atoms with E-state index in [-0.39, 0.29) is 0 Å². The van der Waals surface area contributed by atoms with Gasteiger partial charge < -0.3 is 19.5 Å². The summed E-state index contributed by atoms with van der Waals surface area (Å²) in [5, 5.41) is 5.36. The summed E-state index contributed by atoms with van der Waals surface area (Å²) in [4.78, 5) is 4.23. The van der Waals surface area contributed by atoms with Crippen LogP contribution in [0, 0.1) is 0 Å². The molecule has 0 fully saturated rings. The van der Waals surface area contributed by atoms with Crippen LogP contribution >= 0.6 is 11.3 Å². The van der Waals surface area contributed by atoms with E-state index in [1.54, 1.807) is 32.7 Å². The average molecular weight is 294 g/mol. The van der Waals surface area contributed by atoms with Crippen LogP contribution in [0.4, 0.5) is 0 Å². The first-order valence-electron chi connectivity index (χ1n) is 6.15. The topological polar surface area (TPSA) is 52.6 Å². The van der Waals surface area contributed by atoms with Gasteiger partial charge in [0.2, 0.25) is 0 Å². The van der Waals surface area contributed by atoms with Crippen molar-refractivity contribution in [2.45, 2.75) is 13.1 Å². The Kier molecular flexibility index (Phi) is 5.20. The summed E-state index contributed by atoms with van der Waals surface area (Å²) in [7, 11) is 4.89. The second-order valence-corrected chi connectivity index (χ2v) is 4.81. The van der Waals surface area contributed by atoms with Crippen LogP contribution < -0.4 is 19.5 Å². The van der Waals surface area contributed by atoms with Gasteiger partial charge in [-0.05, 0) is 0 Å². The molecule has 108 valence electrons. The maximum Gasteiger partial charge on any atom is 0.130 e. The number of methoxy groups -OCH3 is 3. The summed E-state index contributed by atoms with van der Waals surface area (Å²) in [5.41, 5.74) is 3.82. The van der Waals surface area contributed by atoms with Crippen molar-refractivity contribution in [3.63, 3.8) is 0 Å². The summed E-state index contributed by atoms with van der Waals surface area (Å²) in [6, 6.07) is 3.70. The number of hydrogen-bond acceptors (Lipinski definition) is 6. The Hall–Kier alpha value is -1.79. The molecule has 1 aromatic heterocycles. The normalized spacial score (nSPS) is 10.3. The number of benzene rings is 1. The van der Waals surface area contributed by atoms with Gasteiger partial charge in [0.25, 0.3) is 0 Å². The van der Waals surface area contributed by atoms with Gasteiger partial charge in [-0.3, -0.25) is 0 Å². The predicted molar refractivity (Wildman–Crippen MR) is 78.8 cm³/mol. The largest absolute Gasteiger partial charge is 0.496 e. The quantitative estimate of drug-likeness (QED) is 0.850. The van der Waals surface area contributed by atoms with Crippen LogP contribution in [0.25, 0.3) is 0 Å². The van der Waals surface area contributed by atoms with E-state index in [9.17, 15) is 0 Å². The van der Waals surface area contributed by atoms with Gasteiger partial charge in [0.05, 0.1) is 38.1 Å². The number of ether oxygens (including phenoxy) is 3. The van der Waals surface area contributed by atoms with E-state index in [1.807, 2.05) is 23.0 Å². The monoisotopic (exact) mass is 294 g/mol. The molecule has 20 heavy (non-hydrogen) atoms. The fourth-order valence-electron chi connectivity index (χ4n) is 1.89. The molecule has 2 aromatic rings. The van der Waals surface area contributed by atoms with Crippen molar-refractivity contribution >= 4 is 11.3 Å². The van der Waals surface area contributed by atoms with Crippen molar-refractivity contribution in [2.75, 3.05) is 21.3 Å². The fraction of sp³-hybridized carbons (Fsp3) is 0.357. The van der Waals surface area contributed by atoms with Gasteiger partial charge in [0, 0.05) is 30.6 Å². The molecule has 0 spiro atoms. The molecular weight excluding hydrogens is 276 g/mol. The Bertz CT molecular complexity index is 518. The molecule has 6 heteroatoms. The minimum Gasteiger partial charge on any atom is -0.496 e. The average Bonchev–Trinajstić information content (AvgIpc) is 3.00. The zero-order valence-corrected chi connectivity index (χ0v) is 12.6. The molecule has 1 aromatic carbocycles. The third kappa shape index (κ3) is 3.40. The Balaban J connectivity index is 2.12. The molecule has 0 amide bonds. The highest BCUT2D eigenvalue weighted by Gasteiger charge is 2.12. The Morgan fingerprint density at radius 3 is 2.25 bits per heavy atom. The van der Waals surface area contributed by atoms with E-state index < -0.39 is 0 Å². The molecule has 0 radical (unpaired) electrons. The van der Waals surface area contributed by atoms with Crippen LogP contribution in [-0.4, -0.2) is 26.3 Å². The lowest BCUT2D eigenvalue weighted by molar-refractivity contribution is 0.366. The second-order valence-electron chi connectivity index (χ2n) is 4.09. The molecule has 0 unspecified atom stereocenters. The predicted octanol–water partition coefficient (Wildman–Crippen LogP) is 2.46. The van der Waals surface area contributed by atoms with Crippen molar-refractivity contribution in [3.8, 4) is 17.2 Å². The molecule has 0 aliphatic rings. The molecule has 1 heterocycles. The molecule has 2 rings (SSSR count). The van der Waals surface area contributed by atoms with E-state index in [4.69, 9.17) is 14.2 Å². The Labute approximate surface area is 122 Å². The van der Waals surface area contributed by atoms with Crippen LogP contribution in [0.3, 0.4) is 0 Å². The highest BCUT2D eigenvalue weighted by Crippen LogP contribution is 2.33. The van der Waals surface area contributed by atoms with Gasteiger partial charge in [-0.2, -0.15) is 0 Å². The second kappa shape index (κ2) is 7.12. The minimum absolute atomic E-state index is 0.633. The van der Waals surface area contributed by atoms with Gasteiger partial charge in [0.15, 0.2) is 0 Å². The standard InChI is InChI=1S/C14H18N2O3S/c1-17-11-4-13(18-2)12(14(5-11)19-3)7-15-6-10-8-20-9-16-10/h4-5,8-9,15H,6-7H2,1-3H3. The Morgan fingerprint density at radius 1 is 1.05 bits per heavy atom. The highest BCUT2D eigenvalue weighted by atomic mass is 32.1. The number of nitrogens with zero attached hydrogens (tertiary/aromatic N) is 1. The number of aromatic nitrogens is 1. The fourth-order valence-corrected chi connectivity index (χ4v) is 2.45. The first-order valence-corrected chi connectivity index (χ1v) is 7.09. The van der Waals surface area contributed by atoms with Gasteiger partial charge >= 0.3 is 0 Å². The maximum absolute atomic E-state index is 5.40. The number of rotatable bonds is 7. The van der Waals surface area contributed by atoms with E-state index in [2.05, 4.69) is 10.3 Å². The van der Waals surface area contributed by atoms with Crippen molar-refractivity contribution in [1.82, 2.24) is 10.3 Å². The molecular formula is C14H18N2O3S. The molecule has 0 saturated carbocycles. The molecule has 5 nitrogen and oxygen atoms in total. The molecule has 0 aliphatic carbocycles. The maximum atomic E-state index is 5.40. The molecule has 0 aliphatic heterocycles.